The van der Waals surface area contributed by atoms with E-state index in [4.69, 9.17) is 4.74 Å². The second-order valence-corrected chi connectivity index (χ2v) is 5.06. The number of rotatable bonds is 4. The zero-order chi connectivity index (χ0) is 12.6. The summed E-state index contributed by atoms with van der Waals surface area (Å²) in [5.41, 5.74) is 2.99. The van der Waals surface area contributed by atoms with Crippen LogP contribution in [-0.4, -0.2) is 17.9 Å². The fourth-order valence-electron chi connectivity index (χ4n) is 2.37. The number of carbonyl (C=O) groups excluding carboxylic acids is 1. The van der Waals surface area contributed by atoms with Gasteiger partial charge in [-0.05, 0) is 33.6 Å². The van der Waals surface area contributed by atoms with Gasteiger partial charge in [0.15, 0.2) is 0 Å². The summed E-state index contributed by atoms with van der Waals surface area (Å²) in [6, 6.07) is 0. The van der Waals surface area contributed by atoms with Crippen molar-refractivity contribution in [3.8, 4) is 5.75 Å². The number of aromatic nitrogens is 1. The van der Waals surface area contributed by atoms with Crippen LogP contribution in [0.25, 0.3) is 0 Å². The lowest BCUT2D eigenvalue weighted by Crippen LogP contribution is -2.17. The van der Waals surface area contributed by atoms with E-state index in [1.165, 1.54) is 0 Å². The third kappa shape index (κ3) is 2.06. The van der Waals surface area contributed by atoms with Gasteiger partial charge in [-0.3, -0.25) is 9.78 Å². The van der Waals surface area contributed by atoms with Crippen molar-refractivity contribution in [3.63, 3.8) is 0 Å². The highest BCUT2D eigenvalue weighted by molar-refractivity contribution is 5.85. The van der Waals surface area contributed by atoms with Crippen LogP contribution in [0.4, 0.5) is 0 Å². The number of nitrogens with zero attached hydrogens (tertiary/aromatic N) is 1. The second kappa shape index (κ2) is 4.13. The summed E-state index contributed by atoms with van der Waals surface area (Å²) in [7, 11) is 1.68. The first kappa shape index (κ1) is 12.1. The van der Waals surface area contributed by atoms with Crippen LogP contribution < -0.4 is 4.74 Å². The van der Waals surface area contributed by atoms with E-state index >= 15 is 0 Å². The molecule has 0 aliphatic heterocycles. The Labute approximate surface area is 102 Å². The van der Waals surface area contributed by atoms with E-state index in [0.717, 1.165) is 41.8 Å². The summed E-state index contributed by atoms with van der Waals surface area (Å²) >= 11 is 0. The molecule has 0 radical (unpaired) electrons. The molecule has 0 saturated heterocycles. The molecule has 92 valence electrons. The maximum Gasteiger partial charge on any atom is 0.136 e. The van der Waals surface area contributed by atoms with Crippen LogP contribution >= 0.6 is 0 Å². The summed E-state index contributed by atoms with van der Waals surface area (Å²) in [6.07, 6.45) is 4.58. The van der Waals surface area contributed by atoms with Gasteiger partial charge in [-0.1, -0.05) is 0 Å². The minimum absolute atomic E-state index is 0.127. The highest BCUT2D eigenvalue weighted by atomic mass is 16.5. The van der Waals surface area contributed by atoms with Crippen molar-refractivity contribution in [2.24, 2.45) is 5.41 Å². The van der Waals surface area contributed by atoms with Gasteiger partial charge >= 0.3 is 0 Å². The van der Waals surface area contributed by atoms with E-state index in [-0.39, 0.29) is 5.41 Å². The largest absolute Gasteiger partial charge is 0.496 e. The van der Waals surface area contributed by atoms with Crippen LogP contribution in [0.2, 0.25) is 0 Å². The summed E-state index contributed by atoms with van der Waals surface area (Å²) < 4.78 is 5.39. The van der Waals surface area contributed by atoms with Gasteiger partial charge < -0.3 is 4.74 Å². The van der Waals surface area contributed by atoms with Crippen molar-refractivity contribution in [2.45, 2.75) is 40.0 Å². The zero-order valence-electron chi connectivity index (χ0n) is 11.0. The predicted octanol–water partition coefficient (Wildman–Crippen LogP) is 2.62. The van der Waals surface area contributed by atoms with Crippen LogP contribution in [0.15, 0.2) is 6.20 Å². The average Bonchev–Trinajstić information content (AvgIpc) is 3.04. The predicted molar refractivity (Wildman–Crippen MR) is 66.3 cm³/mol. The van der Waals surface area contributed by atoms with E-state index < -0.39 is 0 Å². The van der Waals surface area contributed by atoms with Crippen molar-refractivity contribution >= 4 is 5.78 Å². The molecule has 1 aromatic heterocycles. The molecule has 3 nitrogen and oxygen atoms in total. The first-order valence-electron chi connectivity index (χ1n) is 6.00. The van der Waals surface area contributed by atoms with Gasteiger partial charge in [0, 0.05) is 34.9 Å². The molecule has 1 aliphatic carbocycles. The van der Waals surface area contributed by atoms with Crippen LogP contribution in [-0.2, 0) is 11.2 Å². The Kier molecular flexibility index (Phi) is 2.94. The number of aryl methyl sites for hydroxylation is 1. The molecule has 1 heterocycles. The third-order valence-corrected chi connectivity index (χ3v) is 3.86. The van der Waals surface area contributed by atoms with Gasteiger partial charge in [-0.2, -0.15) is 0 Å². The first-order chi connectivity index (χ1) is 8.00. The summed E-state index contributed by atoms with van der Waals surface area (Å²) in [6.45, 7) is 5.69. The molecule has 0 N–H and O–H groups in total. The van der Waals surface area contributed by atoms with Gasteiger partial charge in [0.25, 0.3) is 0 Å². The van der Waals surface area contributed by atoms with Gasteiger partial charge in [0.2, 0.25) is 0 Å². The molecule has 17 heavy (non-hydrogen) atoms. The number of Topliss-reactive ketones (excluding diaryl/α,β-unsaturated/α-hetero) is 1. The molecule has 0 aromatic carbocycles. The summed E-state index contributed by atoms with van der Waals surface area (Å²) in [5.74, 6) is 1.19. The van der Waals surface area contributed by atoms with Crippen LogP contribution in [0.3, 0.4) is 0 Å². The van der Waals surface area contributed by atoms with E-state index in [0.29, 0.717) is 5.78 Å². The van der Waals surface area contributed by atoms with Crippen molar-refractivity contribution < 1.29 is 9.53 Å². The van der Waals surface area contributed by atoms with Gasteiger partial charge in [0.1, 0.15) is 11.5 Å². The number of carbonyl (C=O) groups is 1. The van der Waals surface area contributed by atoms with Crippen LogP contribution in [0, 0.1) is 19.3 Å². The molecule has 2 rings (SSSR count). The molecule has 1 aliphatic rings. The Morgan fingerprint density at radius 1 is 1.47 bits per heavy atom. The molecule has 0 atom stereocenters. The zero-order valence-corrected chi connectivity index (χ0v) is 11.0. The number of ketones is 1. The lowest BCUT2D eigenvalue weighted by molar-refractivity contribution is -0.122. The third-order valence-electron chi connectivity index (χ3n) is 3.86. The highest BCUT2D eigenvalue weighted by Crippen LogP contribution is 2.49. The van der Waals surface area contributed by atoms with Crippen LogP contribution in [0.5, 0.6) is 5.75 Å². The Morgan fingerprint density at radius 2 is 2.12 bits per heavy atom. The van der Waals surface area contributed by atoms with Crippen molar-refractivity contribution in [1.82, 2.24) is 4.98 Å². The van der Waals surface area contributed by atoms with Crippen LogP contribution in [0.1, 0.15) is 36.6 Å². The Hall–Kier alpha value is -1.38. The number of hydrogen-bond donors (Lipinski definition) is 0. The van der Waals surface area contributed by atoms with E-state index in [2.05, 4.69) is 4.98 Å². The molecule has 0 amide bonds. The van der Waals surface area contributed by atoms with Crippen molar-refractivity contribution in [2.75, 3.05) is 7.11 Å². The van der Waals surface area contributed by atoms with Crippen molar-refractivity contribution in [1.29, 1.82) is 0 Å². The van der Waals surface area contributed by atoms with E-state index in [9.17, 15) is 4.79 Å². The lowest BCUT2D eigenvalue weighted by atomic mass is 9.93. The van der Waals surface area contributed by atoms with Gasteiger partial charge in [-0.15, -0.1) is 0 Å². The monoisotopic (exact) mass is 233 g/mol. The fraction of sp³-hybridized carbons (Fsp3) is 0.571. The van der Waals surface area contributed by atoms with Crippen molar-refractivity contribution in [3.05, 3.63) is 23.0 Å². The Morgan fingerprint density at radius 3 is 2.59 bits per heavy atom. The summed E-state index contributed by atoms with van der Waals surface area (Å²) in [4.78, 5) is 16.1. The molecule has 3 heteroatoms. The Bertz CT molecular complexity index is 462. The summed E-state index contributed by atoms with van der Waals surface area (Å²) in [5, 5.41) is 0. The molecular weight excluding hydrogens is 214 g/mol. The average molecular weight is 233 g/mol. The maximum atomic E-state index is 11.6. The number of methoxy groups -OCH3 is 1. The van der Waals surface area contributed by atoms with E-state index in [1.54, 1.807) is 14.0 Å². The Balaban J connectivity index is 2.31. The minimum atomic E-state index is -0.127. The number of hydrogen-bond acceptors (Lipinski definition) is 3. The minimum Gasteiger partial charge on any atom is -0.496 e. The standard InChI is InChI=1S/C14H19NO2/c1-9-8-15-12(10(2)13(9)17-4)7-14(5-6-14)11(3)16/h8H,5-7H2,1-4H3. The van der Waals surface area contributed by atoms with E-state index in [1.807, 2.05) is 20.0 Å². The second-order valence-electron chi connectivity index (χ2n) is 5.06. The van der Waals surface area contributed by atoms with Gasteiger partial charge in [0.05, 0.1) is 7.11 Å². The number of pyridine rings is 1. The molecule has 1 fully saturated rings. The van der Waals surface area contributed by atoms with Gasteiger partial charge in [-0.25, -0.2) is 0 Å². The normalized spacial score (nSPS) is 16.7. The molecular formula is C14H19NO2. The quantitative estimate of drug-likeness (QED) is 0.802. The smallest absolute Gasteiger partial charge is 0.136 e. The SMILES string of the molecule is COc1c(C)cnc(CC2(C(C)=O)CC2)c1C. The number of ether oxygens (including phenoxy) is 1. The lowest BCUT2D eigenvalue weighted by Gasteiger charge is -2.15. The molecule has 0 spiro atoms. The molecule has 0 bridgehead atoms. The highest BCUT2D eigenvalue weighted by Gasteiger charge is 2.47. The molecule has 1 aromatic rings. The fourth-order valence-corrected chi connectivity index (χ4v) is 2.37. The maximum absolute atomic E-state index is 11.6. The topological polar surface area (TPSA) is 39.2 Å². The first-order valence-corrected chi connectivity index (χ1v) is 6.00. The molecule has 1 saturated carbocycles. The molecule has 0 unspecified atom stereocenters.